The van der Waals surface area contributed by atoms with Gasteiger partial charge in [0.15, 0.2) is 0 Å². The van der Waals surface area contributed by atoms with Crippen molar-refractivity contribution >= 4 is 5.84 Å². The summed E-state index contributed by atoms with van der Waals surface area (Å²) in [6, 6.07) is 0.671. The maximum atomic E-state index is 7.53. The van der Waals surface area contributed by atoms with Crippen LogP contribution in [-0.2, 0) is 4.74 Å². The zero-order valence-corrected chi connectivity index (χ0v) is 11.5. The number of nitrogens with two attached hydrogens (primary N) is 1. The summed E-state index contributed by atoms with van der Waals surface area (Å²) in [6.45, 7) is 6.97. The molecule has 1 rings (SSSR count). The molecule has 17 heavy (non-hydrogen) atoms. The molecule has 0 spiro atoms. The number of hydrogen-bond acceptors (Lipinski definition) is 3. The summed E-state index contributed by atoms with van der Waals surface area (Å²) in [5, 5.41) is 7.53. The molecule has 0 aromatic rings. The Kier molecular flexibility index (Phi) is 5.40. The Hall–Kier alpha value is -0.610. The molecule has 1 aliphatic heterocycles. The van der Waals surface area contributed by atoms with Crippen LogP contribution < -0.4 is 5.73 Å². The molecule has 4 nitrogen and oxygen atoms in total. The van der Waals surface area contributed by atoms with Gasteiger partial charge in [-0.15, -0.1) is 0 Å². The van der Waals surface area contributed by atoms with Gasteiger partial charge in [-0.1, -0.05) is 13.8 Å². The van der Waals surface area contributed by atoms with Crippen LogP contribution in [0, 0.1) is 10.8 Å². The summed E-state index contributed by atoms with van der Waals surface area (Å²) in [7, 11) is 2.19. The highest BCUT2D eigenvalue weighted by molar-refractivity contribution is 5.82. The summed E-state index contributed by atoms with van der Waals surface area (Å²) in [4.78, 5) is 2.43. The largest absolute Gasteiger partial charge is 0.387 e. The van der Waals surface area contributed by atoms with Crippen LogP contribution in [0.4, 0.5) is 0 Å². The highest BCUT2D eigenvalue weighted by atomic mass is 16.5. The van der Waals surface area contributed by atoms with E-state index in [1.807, 2.05) is 13.8 Å². The first-order valence-corrected chi connectivity index (χ1v) is 6.56. The van der Waals surface area contributed by atoms with Crippen LogP contribution in [0.15, 0.2) is 0 Å². The molecule has 1 fully saturated rings. The molecular formula is C13H27N3O. The SMILES string of the molecule is CN(CCCC(C)(C)C(=N)N)C1CCOCC1. The first kappa shape index (κ1) is 14.5. The van der Waals surface area contributed by atoms with Crippen LogP contribution >= 0.6 is 0 Å². The Morgan fingerprint density at radius 3 is 2.53 bits per heavy atom. The molecule has 0 atom stereocenters. The van der Waals surface area contributed by atoms with Crippen molar-refractivity contribution in [1.29, 1.82) is 5.41 Å². The Balaban J connectivity index is 2.23. The van der Waals surface area contributed by atoms with Gasteiger partial charge in [0.05, 0.1) is 5.84 Å². The maximum Gasteiger partial charge on any atom is 0.0963 e. The van der Waals surface area contributed by atoms with E-state index in [2.05, 4.69) is 11.9 Å². The molecule has 1 heterocycles. The van der Waals surface area contributed by atoms with Crippen molar-refractivity contribution < 1.29 is 4.74 Å². The molecule has 0 unspecified atom stereocenters. The molecule has 0 radical (unpaired) electrons. The van der Waals surface area contributed by atoms with Gasteiger partial charge in [-0.3, -0.25) is 5.41 Å². The Labute approximate surface area is 105 Å². The molecule has 0 aromatic carbocycles. The Bertz CT molecular complexity index is 247. The van der Waals surface area contributed by atoms with E-state index in [1.165, 1.54) is 0 Å². The van der Waals surface area contributed by atoms with Crippen LogP contribution in [0.25, 0.3) is 0 Å². The minimum atomic E-state index is -0.156. The smallest absolute Gasteiger partial charge is 0.0963 e. The first-order chi connectivity index (χ1) is 7.93. The molecule has 1 saturated heterocycles. The molecule has 0 bridgehead atoms. The van der Waals surface area contributed by atoms with Crippen molar-refractivity contribution in [2.24, 2.45) is 11.1 Å². The Morgan fingerprint density at radius 2 is 2.00 bits per heavy atom. The summed E-state index contributed by atoms with van der Waals surface area (Å²) in [5.74, 6) is 0.297. The lowest BCUT2D eigenvalue weighted by molar-refractivity contribution is 0.0421. The van der Waals surface area contributed by atoms with E-state index in [-0.39, 0.29) is 5.41 Å². The van der Waals surface area contributed by atoms with Gasteiger partial charge in [0, 0.05) is 24.7 Å². The average Bonchev–Trinajstić information content (AvgIpc) is 2.29. The summed E-state index contributed by atoms with van der Waals surface area (Å²) < 4.78 is 5.37. The topological polar surface area (TPSA) is 62.3 Å². The average molecular weight is 241 g/mol. The van der Waals surface area contributed by atoms with Crippen molar-refractivity contribution in [2.45, 2.75) is 45.6 Å². The fourth-order valence-corrected chi connectivity index (χ4v) is 2.21. The number of nitrogens with zero attached hydrogens (tertiary/aromatic N) is 1. The number of rotatable bonds is 6. The number of amidine groups is 1. The Morgan fingerprint density at radius 1 is 1.41 bits per heavy atom. The van der Waals surface area contributed by atoms with Crippen molar-refractivity contribution in [2.75, 3.05) is 26.8 Å². The minimum absolute atomic E-state index is 0.156. The molecule has 4 heteroatoms. The predicted octanol–water partition coefficient (Wildman–Crippen LogP) is 1.84. The third kappa shape index (κ3) is 4.64. The number of ether oxygens (including phenoxy) is 1. The molecule has 0 aromatic heterocycles. The molecular weight excluding hydrogens is 214 g/mol. The second-order valence-electron chi connectivity index (χ2n) is 5.73. The van der Waals surface area contributed by atoms with Gasteiger partial charge < -0.3 is 15.4 Å². The van der Waals surface area contributed by atoms with Gasteiger partial charge in [0.2, 0.25) is 0 Å². The van der Waals surface area contributed by atoms with Crippen molar-refractivity contribution in [3.05, 3.63) is 0 Å². The van der Waals surface area contributed by atoms with Crippen molar-refractivity contribution in [1.82, 2.24) is 4.90 Å². The van der Waals surface area contributed by atoms with E-state index in [1.54, 1.807) is 0 Å². The monoisotopic (exact) mass is 241 g/mol. The summed E-state index contributed by atoms with van der Waals surface area (Å²) >= 11 is 0. The first-order valence-electron chi connectivity index (χ1n) is 6.56. The third-order valence-corrected chi connectivity index (χ3v) is 3.86. The molecule has 0 amide bonds. The van der Waals surface area contributed by atoms with E-state index < -0.39 is 0 Å². The van der Waals surface area contributed by atoms with Crippen LogP contribution in [-0.4, -0.2) is 43.6 Å². The molecule has 3 N–H and O–H groups in total. The number of nitrogens with one attached hydrogen (secondary N) is 1. The predicted molar refractivity (Wildman–Crippen MR) is 71.4 cm³/mol. The van der Waals surface area contributed by atoms with Crippen molar-refractivity contribution in [3.8, 4) is 0 Å². The quantitative estimate of drug-likeness (QED) is 0.551. The lowest BCUT2D eigenvalue weighted by Crippen LogP contribution is -2.38. The standard InChI is InChI=1S/C13H27N3O/c1-13(2,12(14)15)7-4-8-16(3)11-5-9-17-10-6-11/h11H,4-10H2,1-3H3,(H3,14,15). The molecule has 0 saturated carbocycles. The molecule has 1 aliphatic rings. The molecule has 100 valence electrons. The fraction of sp³-hybridized carbons (Fsp3) is 0.923. The van der Waals surface area contributed by atoms with E-state index in [9.17, 15) is 0 Å². The second-order valence-corrected chi connectivity index (χ2v) is 5.73. The molecule has 0 aliphatic carbocycles. The van der Waals surface area contributed by atoms with E-state index in [0.29, 0.717) is 11.9 Å². The summed E-state index contributed by atoms with van der Waals surface area (Å²) in [6.07, 6.45) is 4.37. The zero-order chi connectivity index (χ0) is 12.9. The van der Waals surface area contributed by atoms with E-state index in [4.69, 9.17) is 15.9 Å². The van der Waals surface area contributed by atoms with Gasteiger partial charge in [-0.2, -0.15) is 0 Å². The van der Waals surface area contributed by atoms with Gasteiger partial charge in [0.25, 0.3) is 0 Å². The number of hydrogen-bond donors (Lipinski definition) is 2. The zero-order valence-electron chi connectivity index (χ0n) is 11.5. The van der Waals surface area contributed by atoms with Crippen LogP contribution in [0.3, 0.4) is 0 Å². The third-order valence-electron chi connectivity index (χ3n) is 3.86. The maximum absolute atomic E-state index is 7.53. The van der Waals surface area contributed by atoms with Gasteiger partial charge in [-0.05, 0) is 39.3 Å². The van der Waals surface area contributed by atoms with Crippen LogP contribution in [0.1, 0.15) is 39.5 Å². The van der Waals surface area contributed by atoms with Gasteiger partial charge in [0.1, 0.15) is 0 Å². The fourth-order valence-electron chi connectivity index (χ4n) is 2.21. The second kappa shape index (κ2) is 6.36. The van der Waals surface area contributed by atoms with Gasteiger partial charge in [-0.25, -0.2) is 0 Å². The summed E-state index contributed by atoms with van der Waals surface area (Å²) in [5.41, 5.74) is 5.43. The highest BCUT2D eigenvalue weighted by Gasteiger charge is 2.22. The minimum Gasteiger partial charge on any atom is -0.387 e. The van der Waals surface area contributed by atoms with Gasteiger partial charge >= 0.3 is 0 Å². The highest BCUT2D eigenvalue weighted by Crippen LogP contribution is 2.22. The van der Waals surface area contributed by atoms with Crippen LogP contribution in [0.5, 0.6) is 0 Å². The normalized spacial score (nSPS) is 18.6. The lowest BCUT2D eigenvalue weighted by Gasteiger charge is -2.32. The van der Waals surface area contributed by atoms with Crippen LogP contribution in [0.2, 0.25) is 0 Å². The van der Waals surface area contributed by atoms with E-state index >= 15 is 0 Å². The van der Waals surface area contributed by atoms with Crippen molar-refractivity contribution in [3.63, 3.8) is 0 Å². The van der Waals surface area contributed by atoms with E-state index in [0.717, 1.165) is 45.4 Å². The lowest BCUT2D eigenvalue weighted by atomic mass is 9.86.